The van der Waals surface area contributed by atoms with E-state index in [9.17, 15) is 4.79 Å². The average Bonchev–Trinajstić information content (AvgIpc) is 2.50. The smallest absolute Gasteiger partial charge is 0.270 e. The topological polar surface area (TPSA) is 46.9 Å². The quantitative estimate of drug-likeness (QED) is 0.924. The molecule has 3 rings (SSSR count). The largest absolute Gasteiger partial charge is 0.312 e. The Balaban J connectivity index is 1.86. The number of fused-ring (bicyclic) bond motifs is 1. The summed E-state index contributed by atoms with van der Waals surface area (Å²) in [4.78, 5) is 12.5. The Morgan fingerprint density at radius 3 is 2.64 bits per heavy atom. The molecule has 0 amide bonds. The number of nitrogens with zero attached hydrogens (tertiary/aromatic N) is 2. The lowest BCUT2D eigenvalue weighted by molar-refractivity contribution is 0.576. The van der Waals surface area contributed by atoms with E-state index in [1.165, 1.54) is 5.56 Å². The molecule has 0 spiro atoms. The van der Waals surface area contributed by atoms with Gasteiger partial charge in [0.2, 0.25) is 0 Å². The van der Waals surface area contributed by atoms with Gasteiger partial charge in [0, 0.05) is 12.1 Å². The Kier molecular flexibility index (Phi) is 3.87. The highest BCUT2D eigenvalue weighted by Crippen LogP contribution is 2.22. The zero-order chi connectivity index (χ0) is 15.7. The van der Waals surface area contributed by atoms with Crippen molar-refractivity contribution in [2.75, 3.05) is 6.54 Å². The van der Waals surface area contributed by atoms with Crippen LogP contribution in [0.5, 0.6) is 0 Å². The van der Waals surface area contributed by atoms with E-state index in [-0.39, 0.29) is 11.0 Å². The second-order valence-electron chi connectivity index (χ2n) is 6.98. The molecular formula is C18H23N3O. The van der Waals surface area contributed by atoms with Gasteiger partial charge in [-0.2, -0.15) is 5.10 Å². The zero-order valence-corrected chi connectivity index (χ0v) is 13.5. The summed E-state index contributed by atoms with van der Waals surface area (Å²) in [6, 6.07) is 8.47. The monoisotopic (exact) mass is 297 g/mol. The summed E-state index contributed by atoms with van der Waals surface area (Å²) in [5.74, 6) is 0. The first-order valence-electron chi connectivity index (χ1n) is 7.83. The van der Waals surface area contributed by atoms with Crippen LogP contribution in [0.2, 0.25) is 0 Å². The molecule has 0 saturated heterocycles. The maximum absolute atomic E-state index is 12.5. The van der Waals surface area contributed by atoms with Gasteiger partial charge in [-0.1, -0.05) is 45.0 Å². The van der Waals surface area contributed by atoms with Crippen molar-refractivity contribution in [1.82, 2.24) is 15.1 Å². The number of rotatable bonds is 2. The van der Waals surface area contributed by atoms with Gasteiger partial charge in [0.1, 0.15) is 0 Å². The molecule has 22 heavy (non-hydrogen) atoms. The molecule has 4 nitrogen and oxygen atoms in total. The number of hydrogen-bond donors (Lipinski definition) is 1. The summed E-state index contributed by atoms with van der Waals surface area (Å²) in [5, 5.41) is 7.59. The molecule has 1 aliphatic rings. The Morgan fingerprint density at radius 1 is 1.23 bits per heavy atom. The molecule has 0 fully saturated rings. The van der Waals surface area contributed by atoms with Gasteiger partial charge in [-0.3, -0.25) is 4.79 Å². The minimum Gasteiger partial charge on any atom is -0.312 e. The Labute approximate surface area is 131 Å². The highest BCUT2D eigenvalue weighted by atomic mass is 16.1. The Morgan fingerprint density at radius 2 is 1.95 bits per heavy atom. The lowest BCUT2D eigenvalue weighted by atomic mass is 9.87. The van der Waals surface area contributed by atoms with Gasteiger partial charge in [0.25, 0.3) is 5.56 Å². The van der Waals surface area contributed by atoms with E-state index in [2.05, 4.69) is 55.5 Å². The molecule has 0 radical (unpaired) electrons. The minimum atomic E-state index is 0.0545. The molecule has 1 aliphatic heterocycles. The predicted octanol–water partition coefficient (Wildman–Crippen LogP) is 2.23. The molecule has 116 valence electrons. The highest BCUT2D eigenvalue weighted by Gasteiger charge is 2.16. The maximum Gasteiger partial charge on any atom is 0.270 e. The zero-order valence-electron chi connectivity index (χ0n) is 13.5. The van der Waals surface area contributed by atoms with Gasteiger partial charge in [-0.15, -0.1) is 0 Å². The van der Waals surface area contributed by atoms with Crippen LogP contribution in [0.4, 0.5) is 0 Å². The van der Waals surface area contributed by atoms with Crippen molar-refractivity contribution in [3.8, 4) is 0 Å². The first-order valence-corrected chi connectivity index (χ1v) is 7.83. The molecule has 1 aromatic heterocycles. The van der Waals surface area contributed by atoms with Gasteiger partial charge in [-0.25, -0.2) is 4.68 Å². The van der Waals surface area contributed by atoms with E-state index in [1.807, 2.05) is 6.20 Å². The molecule has 2 aromatic rings. The summed E-state index contributed by atoms with van der Waals surface area (Å²) >= 11 is 0. The average molecular weight is 297 g/mol. The molecule has 1 N–H and O–H groups in total. The molecule has 0 atom stereocenters. The highest BCUT2D eigenvalue weighted by molar-refractivity contribution is 5.28. The number of nitrogens with one attached hydrogen (secondary N) is 1. The van der Waals surface area contributed by atoms with Crippen LogP contribution in [0.25, 0.3) is 0 Å². The SMILES string of the molecule is CC(C)(C)c1ccc(Cn2ncc3c(c2=O)CCNC3)cc1. The van der Waals surface area contributed by atoms with Crippen LogP contribution >= 0.6 is 0 Å². The van der Waals surface area contributed by atoms with Crippen molar-refractivity contribution < 1.29 is 0 Å². The lowest BCUT2D eigenvalue weighted by Gasteiger charge is -2.19. The molecule has 0 aliphatic carbocycles. The molecule has 0 saturated carbocycles. The second-order valence-corrected chi connectivity index (χ2v) is 6.98. The fraction of sp³-hybridized carbons (Fsp3) is 0.444. The van der Waals surface area contributed by atoms with E-state index >= 15 is 0 Å². The predicted molar refractivity (Wildman–Crippen MR) is 88.2 cm³/mol. The van der Waals surface area contributed by atoms with E-state index in [4.69, 9.17) is 0 Å². The summed E-state index contributed by atoms with van der Waals surface area (Å²) in [6.07, 6.45) is 2.62. The fourth-order valence-electron chi connectivity index (χ4n) is 2.81. The van der Waals surface area contributed by atoms with Crippen LogP contribution in [0.1, 0.15) is 43.0 Å². The lowest BCUT2D eigenvalue weighted by Crippen LogP contribution is -2.34. The van der Waals surface area contributed by atoms with Crippen LogP contribution in [0, 0.1) is 0 Å². The van der Waals surface area contributed by atoms with Gasteiger partial charge < -0.3 is 5.32 Å². The van der Waals surface area contributed by atoms with Crippen molar-refractivity contribution in [3.63, 3.8) is 0 Å². The molecule has 0 bridgehead atoms. The standard InChI is InChI=1S/C18H23N3O/c1-18(2,3)15-6-4-13(5-7-15)12-21-17(22)16-8-9-19-10-14(16)11-20-21/h4-7,11,19H,8-10,12H2,1-3H3. The van der Waals surface area contributed by atoms with Crippen LogP contribution in [-0.4, -0.2) is 16.3 Å². The normalized spacial score (nSPS) is 14.7. The van der Waals surface area contributed by atoms with E-state index in [0.717, 1.165) is 36.2 Å². The summed E-state index contributed by atoms with van der Waals surface area (Å²) < 4.78 is 1.58. The summed E-state index contributed by atoms with van der Waals surface area (Å²) in [7, 11) is 0. The van der Waals surface area contributed by atoms with Gasteiger partial charge in [0.15, 0.2) is 0 Å². The van der Waals surface area contributed by atoms with Crippen molar-refractivity contribution in [3.05, 3.63) is 63.1 Å². The third kappa shape index (κ3) is 2.97. The third-order valence-electron chi connectivity index (χ3n) is 4.25. The summed E-state index contributed by atoms with van der Waals surface area (Å²) in [6.45, 7) is 8.75. The first kappa shape index (κ1) is 15.0. The van der Waals surface area contributed by atoms with Crippen molar-refractivity contribution in [2.24, 2.45) is 0 Å². The minimum absolute atomic E-state index is 0.0545. The number of aromatic nitrogens is 2. The Hall–Kier alpha value is -1.94. The number of hydrogen-bond acceptors (Lipinski definition) is 3. The van der Waals surface area contributed by atoms with Crippen LogP contribution < -0.4 is 10.9 Å². The van der Waals surface area contributed by atoms with Crippen LogP contribution in [-0.2, 0) is 24.9 Å². The third-order valence-corrected chi connectivity index (χ3v) is 4.25. The van der Waals surface area contributed by atoms with Gasteiger partial charge in [-0.05, 0) is 35.1 Å². The maximum atomic E-state index is 12.5. The van der Waals surface area contributed by atoms with Crippen molar-refractivity contribution in [2.45, 2.75) is 45.7 Å². The molecule has 0 unspecified atom stereocenters. The fourth-order valence-corrected chi connectivity index (χ4v) is 2.81. The van der Waals surface area contributed by atoms with E-state index in [1.54, 1.807) is 4.68 Å². The van der Waals surface area contributed by atoms with Gasteiger partial charge in [0.05, 0.1) is 12.7 Å². The number of benzene rings is 1. The molecule has 1 aromatic carbocycles. The Bertz CT molecular complexity index is 723. The molecule has 2 heterocycles. The second kappa shape index (κ2) is 5.69. The summed E-state index contributed by atoms with van der Waals surface area (Å²) in [5.41, 5.74) is 4.56. The molecule has 4 heteroatoms. The first-order chi connectivity index (χ1) is 10.4. The van der Waals surface area contributed by atoms with Crippen molar-refractivity contribution in [1.29, 1.82) is 0 Å². The molecular weight excluding hydrogens is 274 g/mol. The van der Waals surface area contributed by atoms with Crippen LogP contribution in [0.15, 0.2) is 35.3 Å². The van der Waals surface area contributed by atoms with Gasteiger partial charge >= 0.3 is 0 Å². The van der Waals surface area contributed by atoms with Crippen LogP contribution in [0.3, 0.4) is 0 Å². The van der Waals surface area contributed by atoms with E-state index < -0.39 is 0 Å². The van der Waals surface area contributed by atoms with Crippen molar-refractivity contribution >= 4 is 0 Å². The van der Waals surface area contributed by atoms with E-state index in [0.29, 0.717) is 6.54 Å².